The van der Waals surface area contributed by atoms with Crippen molar-refractivity contribution >= 4 is 27.9 Å². The van der Waals surface area contributed by atoms with E-state index in [9.17, 15) is 4.79 Å². The zero-order valence-electron chi connectivity index (χ0n) is 12.5. The molecule has 0 aliphatic carbocycles. The van der Waals surface area contributed by atoms with Gasteiger partial charge in [-0.1, -0.05) is 18.2 Å². The summed E-state index contributed by atoms with van der Waals surface area (Å²) in [5.41, 5.74) is 1.32. The number of pyridine rings is 1. The maximum absolute atomic E-state index is 12.1. The van der Waals surface area contributed by atoms with Gasteiger partial charge in [0.2, 0.25) is 0 Å². The first-order valence-corrected chi connectivity index (χ1v) is 6.99. The monoisotopic (exact) mass is 282 g/mol. The molecule has 1 aromatic carbocycles. The van der Waals surface area contributed by atoms with Crippen LogP contribution in [0, 0.1) is 0 Å². The zero-order valence-corrected chi connectivity index (χ0v) is 12.5. The average molecular weight is 282 g/mol. The van der Waals surface area contributed by atoms with Crippen molar-refractivity contribution in [2.75, 3.05) is 0 Å². The van der Waals surface area contributed by atoms with Gasteiger partial charge in [0.15, 0.2) is 0 Å². The molecule has 0 unspecified atom stereocenters. The number of aromatic nitrogens is 2. The first-order chi connectivity index (χ1) is 9.96. The van der Waals surface area contributed by atoms with Gasteiger partial charge in [-0.2, -0.15) is 0 Å². The molecule has 0 saturated carbocycles. The van der Waals surface area contributed by atoms with Crippen molar-refractivity contribution in [3.8, 4) is 0 Å². The van der Waals surface area contributed by atoms with Crippen LogP contribution in [-0.2, 0) is 16.1 Å². The van der Waals surface area contributed by atoms with Gasteiger partial charge in [-0.3, -0.25) is 4.79 Å². The van der Waals surface area contributed by atoms with Crippen LogP contribution in [0.25, 0.3) is 21.9 Å². The molecule has 2 heterocycles. The van der Waals surface area contributed by atoms with Crippen LogP contribution in [0.15, 0.2) is 42.6 Å². The topological polar surface area (TPSA) is 44.1 Å². The van der Waals surface area contributed by atoms with E-state index in [4.69, 9.17) is 4.74 Å². The van der Waals surface area contributed by atoms with Crippen molar-refractivity contribution in [2.24, 2.45) is 0 Å². The number of nitrogens with zero attached hydrogens (tertiary/aromatic N) is 2. The van der Waals surface area contributed by atoms with Crippen LogP contribution in [-0.4, -0.2) is 21.1 Å². The molecule has 0 bridgehead atoms. The van der Waals surface area contributed by atoms with E-state index in [-0.39, 0.29) is 12.5 Å². The lowest BCUT2D eigenvalue weighted by molar-refractivity contribution is -0.155. The van der Waals surface area contributed by atoms with Crippen molar-refractivity contribution < 1.29 is 9.53 Å². The third kappa shape index (κ3) is 2.61. The van der Waals surface area contributed by atoms with Crippen molar-refractivity contribution in [3.63, 3.8) is 0 Å². The average Bonchev–Trinajstić information content (AvgIpc) is 2.72. The second kappa shape index (κ2) is 4.88. The highest BCUT2D eigenvalue weighted by atomic mass is 16.6. The molecule has 3 rings (SSSR count). The second-order valence-corrected chi connectivity index (χ2v) is 6.06. The van der Waals surface area contributed by atoms with Crippen LogP contribution in [0.2, 0.25) is 0 Å². The summed E-state index contributed by atoms with van der Waals surface area (Å²) in [4.78, 5) is 16.6. The Labute approximate surface area is 123 Å². The number of ether oxygens (including phenoxy) is 1. The molecular weight excluding hydrogens is 264 g/mol. The van der Waals surface area contributed by atoms with Crippen LogP contribution < -0.4 is 0 Å². The van der Waals surface area contributed by atoms with E-state index in [1.807, 2.05) is 61.7 Å². The lowest BCUT2D eigenvalue weighted by atomic mass is 10.2. The highest BCUT2D eigenvalue weighted by Crippen LogP contribution is 2.27. The third-order valence-corrected chi connectivity index (χ3v) is 3.23. The Bertz CT molecular complexity index is 759. The van der Waals surface area contributed by atoms with E-state index in [0.717, 1.165) is 21.9 Å². The largest absolute Gasteiger partial charge is 0.459 e. The molecule has 0 aliphatic heterocycles. The van der Waals surface area contributed by atoms with Gasteiger partial charge in [-0.05, 0) is 39.0 Å². The predicted molar refractivity (Wildman–Crippen MR) is 83.1 cm³/mol. The number of rotatable bonds is 2. The normalized spacial score (nSPS) is 12.0. The van der Waals surface area contributed by atoms with E-state index >= 15 is 0 Å². The highest BCUT2D eigenvalue weighted by Gasteiger charge is 2.19. The fourth-order valence-electron chi connectivity index (χ4n) is 2.54. The number of hydrogen-bond donors (Lipinski definition) is 0. The molecule has 0 radical (unpaired) electrons. The molecule has 4 heteroatoms. The van der Waals surface area contributed by atoms with E-state index in [2.05, 4.69) is 4.98 Å². The number of fused-ring (bicyclic) bond motifs is 3. The van der Waals surface area contributed by atoms with Gasteiger partial charge in [-0.25, -0.2) is 4.98 Å². The fourth-order valence-corrected chi connectivity index (χ4v) is 2.54. The molecule has 21 heavy (non-hydrogen) atoms. The first kappa shape index (κ1) is 13.6. The van der Waals surface area contributed by atoms with Crippen molar-refractivity contribution in [3.05, 3.63) is 42.6 Å². The molecule has 0 amide bonds. The van der Waals surface area contributed by atoms with Crippen LogP contribution in [0.4, 0.5) is 0 Å². The molecule has 4 nitrogen and oxygen atoms in total. The SMILES string of the molecule is CC(C)(C)OC(=O)Cn1c2ccccc2c2cccnc21. The van der Waals surface area contributed by atoms with Gasteiger partial charge < -0.3 is 9.30 Å². The zero-order chi connectivity index (χ0) is 15.0. The van der Waals surface area contributed by atoms with Gasteiger partial charge in [0, 0.05) is 17.0 Å². The molecule has 2 aromatic heterocycles. The summed E-state index contributed by atoms with van der Waals surface area (Å²) in [6, 6.07) is 11.9. The van der Waals surface area contributed by atoms with Crippen LogP contribution in [0.1, 0.15) is 20.8 Å². The van der Waals surface area contributed by atoms with Crippen LogP contribution in [0.3, 0.4) is 0 Å². The maximum atomic E-state index is 12.1. The smallest absolute Gasteiger partial charge is 0.326 e. The molecule has 0 spiro atoms. The summed E-state index contributed by atoms with van der Waals surface area (Å²) in [5.74, 6) is -0.254. The molecule has 0 aliphatic rings. The van der Waals surface area contributed by atoms with Crippen molar-refractivity contribution in [2.45, 2.75) is 32.9 Å². The van der Waals surface area contributed by atoms with Gasteiger partial charge in [0.05, 0.1) is 5.52 Å². The number of hydrogen-bond acceptors (Lipinski definition) is 3. The summed E-state index contributed by atoms with van der Waals surface area (Å²) in [6.45, 7) is 5.78. The fraction of sp³-hybridized carbons (Fsp3) is 0.294. The number of carbonyl (C=O) groups is 1. The lowest BCUT2D eigenvalue weighted by Crippen LogP contribution is -2.26. The number of para-hydroxylation sites is 1. The third-order valence-electron chi connectivity index (χ3n) is 3.23. The predicted octanol–water partition coefficient (Wildman–Crippen LogP) is 3.53. The quantitative estimate of drug-likeness (QED) is 0.675. The number of esters is 1. The molecule has 0 saturated heterocycles. The Morgan fingerprint density at radius 3 is 2.62 bits per heavy atom. The summed E-state index contributed by atoms with van der Waals surface area (Å²) in [6.07, 6.45) is 1.74. The highest BCUT2D eigenvalue weighted by molar-refractivity contribution is 6.07. The second-order valence-electron chi connectivity index (χ2n) is 6.06. The minimum atomic E-state index is -0.483. The van der Waals surface area contributed by atoms with Gasteiger partial charge >= 0.3 is 5.97 Å². The Morgan fingerprint density at radius 1 is 1.14 bits per heavy atom. The van der Waals surface area contributed by atoms with Gasteiger partial charge in [0.1, 0.15) is 17.8 Å². The van der Waals surface area contributed by atoms with Crippen LogP contribution >= 0.6 is 0 Å². The standard InChI is InChI=1S/C17H18N2O2/c1-17(2,3)21-15(20)11-19-14-9-5-4-7-12(14)13-8-6-10-18-16(13)19/h4-10H,11H2,1-3H3. The maximum Gasteiger partial charge on any atom is 0.326 e. The van der Waals surface area contributed by atoms with Crippen molar-refractivity contribution in [1.82, 2.24) is 9.55 Å². The Morgan fingerprint density at radius 2 is 1.86 bits per heavy atom. The van der Waals surface area contributed by atoms with E-state index in [1.54, 1.807) is 6.20 Å². The Kier molecular flexibility index (Phi) is 3.16. The minimum Gasteiger partial charge on any atom is -0.459 e. The number of carbonyl (C=O) groups excluding carboxylic acids is 1. The van der Waals surface area contributed by atoms with Crippen LogP contribution in [0.5, 0.6) is 0 Å². The molecule has 0 fully saturated rings. The minimum absolute atomic E-state index is 0.165. The van der Waals surface area contributed by atoms with Crippen molar-refractivity contribution in [1.29, 1.82) is 0 Å². The molecule has 108 valence electrons. The van der Waals surface area contributed by atoms with Gasteiger partial charge in [0.25, 0.3) is 0 Å². The molecule has 0 atom stereocenters. The van der Waals surface area contributed by atoms with E-state index in [0.29, 0.717) is 0 Å². The molecule has 3 aromatic rings. The first-order valence-electron chi connectivity index (χ1n) is 6.99. The lowest BCUT2D eigenvalue weighted by Gasteiger charge is -2.19. The van der Waals surface area contributed by atoms with E-state index in [1.165, 1.54) is 0 Å². The summed E-state index contributed by atoms with van der Waals surface area (Å²) in [7, 11) is 0. The van der Waals surface area contributed by atoms with E-state index < -0.39 is 5.60 Å². The molecular formula is C17H18N2O2. The summed E-state index contributed by atoms with van der Waals surface area (Å²) in [5, 5.41) is 2.15. The summed E-state index contributed by atoms with van der Waals surface area (Å²) < 4.78 is 7.34. The number of benzene rings is 1. The summed E-state index contributed by atoms with van der Waals surface area (Å²) >= 11 is 0. The Hall–Kier alpha value is -2.36. The molecule has 0 N–H and O–H groups in total. The Balaban J connectivity index is 2.10. The van der Waals surface area contributed by atoms with Gasteiger partial charge in [-0.15, -0.1) is 0 Å².